The lowest BCUT2D eigenvalue weighted by Gasteiger charge is -2.34. The van der Waals surface area contributed by atoms with E-state index in [1.807, 2.05) is 12.1 Å². The van der Waals surface area contributed by atoms with Gasteiger partial charge in [0.1, 0.15) is 5.82 Å². The number of hydrogen-bond donors (Lipinski definition) is 1. The van der Waals surface area contributed by atoms with Gasteiger partial charge in [0.2, 0.25) is 10.0 Å². The number of carbonyl (C=O) groups excluding carboxylic acids is 1. The SMILES string of the molecule is CN1CCC(N(C)S(=O)(=O)Cc2ccc(CNC(=O)c3cncc4c3cnn4-c3ccc(F)cc3)cc2)CC1. The average molecular weight is 551 g/mol. The third-order valence-corrected chi connectivity index (χ3v) is 9.15. The molecule has 1 aliphatic rings. The van der Waals surface area contributed by atoms with E-state index >= 15 is 0 Å². The van der Waals surface area contributed by atoms with Gasteiger partial charge in [0, 0.05) is 31.2 Å². The van der Waals surface area contributed by atoms with Crippen LogP contribution in [0.15, 0.2) is 67.1 Å². The lowest BCUT2D eigenvalue weighted by molar-refractivity contribution is 0.0952. The van der Waals surface area contributed by atoms with E-state index in [1.165, 1.54) is 22.6 Å². The van der Waals surface area contributed by atoms with Crippen LogP contribution in [0, 0.1) is 5.82 Å². The largest absolute Gasteiger partial charge is 0.348 e. The van der Waals surface area contributed by atoms with Crippen molar-refractivity contribution in [1.29, 1.82) is 0 Å². The van der Waals surface area contributed by atoms with E-state index in [1.54, 1.807) is 48.4 Å². The maximum absolute atomic E-state index is 13.3. The molecule has 0 aliphatic carbocycles. The molecule has 204 valence electrons. The van der Waals surface area contributed by atoms with E-state index in [-0.39, 0.29) is 30.1 Å². The lowest BCUT2D eigenvalue weighted by atomic mass is 10.1. The number of nitrogens with one attached hydrogen (secondary N) is 1. The Morgan fingerprint density at radius 1 is 1.03 bits per heavy atom. The van der Waals surface area contributed by atoms with Crippen molar-refractivity contribution >= 4 is 26.8 Å². The van der Waals surface area contributed by atoms with Crippen molar-refractivity contribution in [2.24, 2.45) is 0 Å². The number of hydrogen-bond acceptors (Lipinski definition) is 6. The minimum Gasteiger partial charge on any atom is -0.348 e. The van der Waals surface area contributed by atoms with Crippen LogP contribution >= 0.6 is 0 Å². The summed E-state index contributed by atoms with van der Waals surface area (Å²) in [5, 5.41) is 7.89. The second kappa shape index (κ2) is 11.2. The molecule has 4 aromatic rings. The number of halogens is 1. The first-order chi connectivity index (χ1) is 18.7. The minimum atomic E-state index is -3.43. The van der Waals surface area contributed by atoms with E-state index < -0.39 is 10.0 Å². The average Bonchev–Trinajstić information content (AvgIpc) is 3.37. The highest BCUT2D eigenvalue weighted by atomic mass is 32.2. The van der Waals surface area contributed by atoms with Crippen molar-refractivity contribution in [2.45, 2.75) is 31.2 Å². The van der Waals surface area contributed by atoms with E-state index in [0.29, 0.717) is 27.7 Å². The van der Waals surface area contributed by atoms with Gasteiger partial charge in [0.25, 0.3) is 5.91 Å². The summed E-state index contributed by atoms with van der Waals surface area (Å²) < 4.78 is 42.4. The Morgan fingerprint density at radius 3 is 2.38 bits per heavy atom. The maximum atomic E-state index is 13.3. The standard InChI is InChI=1S/C28H31FN6O3S/c1-33-13-11-23(12-14-33)34(2)39(37,38)19-21-5-3-20(4-6-21)15-31-28(36)26-16-30-18-27-25(26)17-32-35(27)24-9-7-22(29)8-10-24/h3-10,16-18,23H,11-15,19H2,1-2H3,(H,31,36). The van der Waals surface area contributed by atoms with Gasteiger partial charge in [-0.25, -0.2) is 21.8 Å². The van der Waals surface area contributed by atoms with Gasteiger partial charge in [-0.3, -0.25) is 9.78 Å². The predicted octanol–water partition coefficient (Wildman–Crippen LogP) is 3.35. The van der Waals surface area contributed by atoms with Crippen LogP contribution in [0.2, 0.25) is 0 Å². The normalized spacial score (nSPS) is 15.2. The van der Waals surface area contributed by atoms with Crippen LogP contribution in [0.5, 0.6) is 0 Å². The third-order valence-electron chi connectivity index (χ3n) is 7.28. The molecular formula is C28H31FN6O3S. The number of nitrogens with zero attached hydrogens (tertiary/aromatic N) is 5. The van der Waals surface area contributed by atoms with Crippen molar-refractivity contribution in [3.05, 3.63) is 89.6 Å². The van der Waals surface area contributed by atoms with Crippen LogP contribution in [0.3, 0.4) is 0 Å². The number of aromatic nitrogens is 3. The van der Waals surface area contributed by atoms with Gasteiger partial charge in [0.15, 0.2) is 0 Å². The van der Waals surface area contributed by atoms with Crippen LogP contribution in [0.25, 0.3) is 16.6 Å². The van der Waals surface area contributed by atoms with Crippen molar-refractivity contribution < 1.29 is 17.6 Å². The Bertz CT molecular complexity index is 1560. The van der Waals surface area contributed by atoms with Gasteiger partial charge in [-0.05, 0) is 68.4 Å². The molecule has 1 amide bonds. The van der Waals surface area contributed by atoms with Crippen LogP contribution in [0.4, 0.5) is 4.39 Å². The Kier molecular flexibility index (Phi) is 7.74. The molecule has 39 heavy (non-hydrogen) atoms. The zero-order valence-corrected chi connectivity index (χ0v) is 22.7. The Morgan fingerprint density at radius 2 is 1.69 bits per heavy atom. The Hall–Kier alpha value is -3.67. The number of carbonyl (C=O) groups is 1. The number of likely N-dealkylation sites (tertiary alicyclic amines) is 1. The molecule has 0 unspecified atom stereocenters. The van der Waals surface area contributed by atoms with Gasteiger partial charge >= 0.3 is 0 Å². The first-order valence-electron chi connectivity index (χ1n) is 12.8. The van der Waals surface area contributed by atoms with Gasteiger partial charge in [0.05, 0.1) is 34.9 Å². The predicted molar refractivity (Wildman–Crippen MR) is 147 cm³/mol. The molecule has 3 heterocycles. The van der Waals surface area contributed by atoms with Crippen LogP contribution in [0.1, 0.15) is 34.3 Å². The van der Waals surface area contributed by atoms with Crippen LogP contribution in [-0.2, 0) is 22.3 Å². The molecule has 11 heteroatoms. The maximum Gasteiger partial charge on any atom is 0.253 e. The molecule has 2 aromatic heterocycles. The third kappa shape index (κ3) is 6.00. The fourth-order valence-corrected chi connectivity index (χ4v) is 6.32. The Balaban J connectivity index is 1.22. The highest BCUT2D eigenvalue weighted by Crippen LogP contribution is 2.22. The Labute approximate surface area is 227 Å². The molecule has 9 nitrogen and oxygen atoms in total. The fourth-order valence-electron chi connectivity index (χ4n) is 4.84. The van der Waals surface area contributed by atoms with E-state index in [2.05, 4.69) is 27.3 Å². The number of benzene rings is 2. The minimum absolute atomic E-state index is 0.0300. The molecule has 0 atom stereocenters. The molecule has 1 fully saturated rings. The molecule has 1 aliphatic heterocycles. The van der Waals surface area contributed by atoms with Crippen molar-refractivity contribution in [3.8, 4) is 5.69 Å². The molecule has 1 N–H and O–H groups in total. The van der Waals surface area contributed by atoms with E-state index in [9.17, 15) is 17.6 Å². The summed E-state index contributed by atoms with van der Waals surface area (Å²) in [4.78, 5) is 19.4. The zero-order chi connectivity index (χ0) is 27.6. The van der Waals surface area contributed by atoms with E-state index in [4.69, 9.17) is 0 Å². The number of pyridine rings is 1. The molecular weight excluding hydrogens is 519 g/mol. The lowest BCUT2D eigenvalue weighted by Crippen LogP contribution is -2.44. The molecule has 0 bridgehead atoms. The molecule has 0 spiro atoms. The molecule has 0 radical (unpaired) electrons. The number of rotatable bonds is 8. The number of sulfonamides is 1. The van der Waals surface area contributed by atoms with Gasteiger partial charge in [-0.1, -0.05) is 24.3 Å². The monoisotopic (exact) mass is 550 g/mol. The topological polar surface area (TPSA) is 100 Å². The molecule has 0 saturated carbocycles. The smallest absolute Gasteiger partial charge is 0.253 e. The van der Waals surface area contributed by atoms with Gasteiger partial charge in [-0.15, -0.1) is 0 Å². The summed E-state index contributed by atoms with van der Waals surface area (Å²) in [6.07, 6.45) is 6.36. The van der Waals surface area contributed by atoms with Crippen molar-refractivity contribution in [3.63, 3.8) is 0 Å². The van der Waals surface area contributed by atoms with Crippen LogP contribution in [-0.4, -0.2) is 71.5 Å². The number of fused-ring (bicyclic) bond motifs is 1. The number of amides is 1. The summed E-state index contributed by atoms with van der Waals surface area (Å²) >= 11 is 0. The highest BCUT2D eigenvalue weighted by molar-refractivity contribution is 7.88. The van der Waals surface area contributed by atoms with Gasteiger partial charge < -0.3 is 10.2 Å². The second-order valence-electron chi connectivity index (χ2n) is 9.96. The van der Waals surface area contributed by atoms with Crippen molar-refractivity contribution in [2.75, 3.05) is 27.2 Å². The second-order valence-corrected chi connectivity index (χ2v) is 12.0. The number of piperidine rings is 1. The zero-order valence-electron chi connectivity index (χ0n) is 21.9. The molecule has 1 saturated heterocycles. The first-order valence-corrected chi connectivity index (χ1v) is 14.4. The molecule has 2 aromatic carbocycles. The van der Waals surface area contributed by atoms with E-state index in [0.717, 1.165) is 31.5 Å². The first kappa shape index (κ1) is 26.9. The summed E-state index contributed by atoms with van der Waals surface area (Å²) in [6, 6.07) is 13.2. The summed E-state index contributed by atoms with van der Waals surface area (Å²) in [6.45, 7) is 2.06. The van der Waals surface area contributed by atoms with Gasteiger partial charge in [-0.2, -0.15) is 5.10 Å². The highest BCUT2D eigenvalue weighted by Gasteiger charge is 2.29. The summed E-state index contributed by atoms with van der Waals surface area (Å²) in [5.41, 5.74) is 3.21. The quantitative estimate of drug-likeness (QED) is 0.361. The fraction of sp³-hybridized carbons (Fsp3) is 0.321. The molecule has 5 rings (SSSR count). The van der Waals surface area contributed by atoms with Crippen LogP contribution < -0.4 is 5.32 Å². The summed E-state index contributed by atoms with van der Waals surface area (Å²) in [5.74, 6) is -0.713. The van der Waals surface area contributed by atoms with Crippen molar-refractivity contribution in [1.82, 2.24) is 29.3 Å². The summed E-state index contributed by atoms with van der Waals surface area (Å²) in [7, 11) is 0.292.